The number of benzene rings is 1. The summed E-state index contributed by atoms with van der Waals surface area (Å²) >= 11 is 1.65. The van der Waals surface area contributed by atoms with E-state index in [2.05, 4.69) is 37.8 Å². The molecule has 1 aromatic carbocycles. The number of hydrogen-bond acceptors (Lipinski definition) is 6. The molecule has 0 saturated heterocycles. The molecule has 0 aliphatic heterocycles. The Morgan fingerprint density at radius 1 is 1.14 bits per heavy atom. The van der Waals surface area contributed by atoms with Crippen molar-refractivity contribution in [2.45, 2.75) is 6.54 Å². The van der Waals surface area contributed by atoms with Crippen LogP contribution in [0, 0.1) is 0 Å². The van der Waals surface area contributed by atoms with Crippen molar-refractivity contribution in [3.63, 3.8) is 0 Å². The molecule has 3 aromatic rings. The summed E-state index contributed by atoms with van der Waals surface area (Å²) in [6.07, 6.45) is 1.56. The predicted octanol–water partition coefficient (Wildman–Crippen LogP) is 3.28. The Kier molecular flexibility index (Phi) is 4.29. The monoisotopic (exact) mass is 311 g/mol. The van der Waals surface area contributed by atoms with E-state index in [1.165, 1.54) is 0 Å². The number of nitrogens with one attached hydrogen (secondary N) is 1. The third kappa shape index (κ3) is 3.40. The fraction of sp³-hybridized carbons (Fsp3) is 0.188. The first-order chi connectivity index (χ1) is 10.7. The van der Waals surface area contributed by atoms with Crippen molar-refractivity contribution < 1.29 is 0 Å². The number of aromatic nitrogens is 3. The van der Waals surface area contributed by atoms with E-state index in [4.69, 9.17) is 0 Å². The third-order valence-electron chi connectivity index (χ3n) is 3.13. The molecule has 3 rings (SSSR count). The summed E-state index contributed by atoms with van der Waals surface area (Å²) in [6.45, 7) is 0.646. The lowest BCUT2D eigenvalue weighted by atomic mass is 10.2. The van der Waals surface area contributed by atoms with Gasteiger partial charge < -0.3 is 10.2 Å². The maximum atomic E-state index is 4.66. The minimum atomic E-state index is 0.646. The molecular weight excluding hydrogens is 294 g/mol. The first-order valence-corrected chi connectivity index (χ1v) is 7.83. The Hall–Kier alpha value is -2.47. The van der Waals surface area contributed by atoms with E-state index >= 15 is 0 Å². The van der Waals surface area contributed by atoms with Crippen LogP contribution in [0.5, 0.6) is 0 Å². The summed E-state index contributed by atoms with van der Waals surface area (Å²) < 4.78 is 0. The van der Waals surface area contributed by atoms with E-state index in [1.807, 2.05) is 43.3 Å². The molecule has 0 bridgehead atoms. The highest BCUT2D eigenvalue weighted by atomic mass is 32.1. The maximum Gasteiger partial charge on any atom is 0.133 e. The largest absolute Gasteiger partial charge is 0.364 e. The van der Waals surface area contributed by atoms with Crippen LogP contribution in [-0.4, -0.2) is 29.0 Å². The fourth-order valence-corrected chi connectivity index (χ4v) is 2.80. The summed E-state index contributed by atoms with van der Waals surface area (Å²) in [4.78, 5) is 15.0. The molecule has 0 amide bonds. The van der Waals surface area contributed by atoms with Crippen molar-refractivity contribution in [3.05, 3.63) is 53.8 Å². The normalized spacial score (nSPS) is 10.5. The van der Waals surface area contributed by atoms with Gasteiger partial charge in [0.1, 0.15) is 23.0 Å². The fourth-order valence-electron chi connectivity index (χ4n) is 1.97. The van der Waals surface area contributed by atoms with Crippen molar-refractivity contribution in [3.8, 4) is 10.6 Å². The molecular formula is C16H17N5S. The highest BCUT2D eigenvalue weighted by Gasteiger charge is 2.05. The average Bonchev–Trinajstić information content (AvgIpc) is 3.03. The first-order valence-electron chi connectivity index (χ1n) is 6.95. The second kappa shape index (κ2) is 6.53. The molecule has 2 aromatic heterocycles. The molecule has 0 radical (unpaired) electrons. The topological polar surface area (TPSA) is 53.9 Å². The molecule has 22 heavy (non-hydrogen) atoms. The van der Waals surface area contributed by atoms with Crippen molar-refractivity contribution in [2.75, 3.05) is 24.3 Å². The second-order valence-corrected chi connectivity index (χ2v) is 5.88. The van der Waals surface area contributed by atoms with Crippen LogP contribution in [0.4, 0.5) is 11.6 Å². The van der Waals surface area contributed by atoms with Crippen LogP contribution in [0.3, 0.4) is 0 Å². The molecule has 0 fully saturated rings. The van der Waals surface area contributed by atoms with E-state index in [0.29, 0.717) is 6.54 Å². The quantitative estimate of drug-likeness (QED) is 0.783. The Labute approximate surface area is 133 Å². The van der Waals surface area contributed by atoms with Gasteiger partial charge in [-0.3, -0.25) is 0 Å². The highest BCUT2D eigenvalue weighted by molar-refractivity contribution is 7.13. The zero-order chi connectivity index (χ0) is 15.4. The number of rotatable bonds is 5. The molecule has 0 aliphatic carbocycles. The van der Waals surface area contributed by atoms with E-state index in [-0.39, 0.29) is 0 Å². The van der Waals surface area contributed by atoms with Crippen molar-refractivity contribution in [1.29, 1.82) is 0 Å². The van der Waals surface area contributed by atoms with Gasteiger partial charge in [-0.15, -0.1) is 11.3 Å². The molecule has 0 saturated carbocycles. The molecule has 6 heteroatoms. The highest BCUT2D eigenvalue weighted by Crippen LogP contribution is 2.23. The van der Waals surface area contributed by atoms with Crippen molar-refractivity contribution in [2.24, 2.45) is 0 Å². The Bertz CT molecular complexity index is 739. The van der Waals surface area contributed by atoms with Crippen LogP contribution >= 0.6 is 11.3 Å². The lowest BCUT2D eigenvalue weighted by Gasteiger charge is -2.11. The van der Waals surface area contributed by atoms with Crippen LogP contribution < -0.4 is 10.2 Å². The van der Waals surface area contributed by atoms with Crippen LogP contribution in [0.15, 0.2) is 48.1 Å². The van der Waals surface area contributed by atoms with Crippen LogP contribution in [0.1, 0.15) is 5.69 Å². The second-order valence-electron chi connectivity index (χ2n) is 5.02. The minimum absolute atomic E-state index is 0.646. The van der Waals surface area contributed by atoms with Gasteiger partial charge in [0.25, 0.3) is 0 Å². The summed E-state index contributed by atoms with van der Waals surface area (Å²) in [7, 11) is 3.91. The van der Waals surface area contributed by atoms with Gasteiger partial charge in [0.2, 0.25) is 0 Å². The Morgan fingerprint density at radius 2 is 1.95 bits per heavy atom. The number of anilines is 2. The van der Waals surface area contributed by atoms with Gasteiger partial charge in [0.15, 0.2) is 0 Å². The summed E-state index contributed by atoms with van der Waals surface area (Å²) in [6, 6.07) is 12.1. The molecule has 0 aliphatic rings. The summed E-state index contributed by atoms with van der Waals surface area (Å²) in [5.41, 5.74) is 2.16. The molecule has 1 N–H and O–H groups in total. The zero-order valence-corrected chi connectivity index (χ0v) is 13.3. The summed E-state index contributed by atoms with van der Waals surface area (Å²) in [5.74, 6) is 1.67. The van der Waals surface area contributed by atoms with E-state index in [9.17, 15) is 0 Å². The van der Waals surface area contributed by atoms with Crippen molar-refractivity contribution in [1.82, 2.24) is 15.0 Å². The molecule has 112 valence electrons. The Morgan fingerprint density at radius 3 is 2.73 bits per heavy atom. The smallest absolute Gasteiger partial charge is 0.133 e. The standard InChI is InChI=1S/C16H17N5S/c1-21(2)15-8-14(18-11-19-15)17-9-13-10-22-16(20-13)12-6-4-3-5-7-12/h3-8,10-11H,9H2,1-2H3,(H,17,18,19). The van der Waals surface area contributed by atoms with Crippen LogP contribution in [-0.2, 0) is 6.54 Å². The third-order valence-corrected chi connectivity index (χ3v) is 4.07. The van der Waals surface area contributed by atoms with Gasteiger partial charge in [0, 0.05) is 31.1 Å². The molecule has 0 atom stereocenters. The van der Waals surface area contributed by atoms with Gasteiger partial charge in [-0.1, -0.05) is 30.3 Å². The lowest BCUT2D eigenvalue weighted by Crippen LogP contribution is -2.11. The molecule has 0 spiro atoms. The van der Waals surface area contributed by atoms with Gasteiger partial charge >= 0.3 is 0 Å². The Balaban J connectivity index is 1.67. The molecule has 5 nitrogen and oxygen atoms in total. The van der Waals surface area contributed by atoms with Crippen LogP contribution in [0.25, 0.3) is 10.6 Å². The first kappa shape index (κ1) is 14.5. The van der Waals surface area contributed by atoms with Gasteiger partial charge in [-0.2, -0.15) is 0 Å². The van der Waals surface area contributed by atoms with E-state index < -0.39 is 0 Å². The minimum Gasteiger partial charge on any atom is -0.364 e. The SMILES string of the molecule is CN(C)c1cc(NCc2csc(-c3ccccc3)n2)ncn1. The summed E-state index contributed by atoms with van der Waals surface area (Å²) in [5, 5.41) is 6.40. The number of nitrogens with zero attached hydrogens (tertiary/aromatic N) is 4. The van der Waals surface area contributed by atoms with Crippen molar-refractivity contribution >= 4 is 23.0 Å². The van der Waals surface area contributed by atoms with E-state index in [1.54, 1.807) is 17.7 Å². The average molecular weight is 311 g/mol. The van der Waals surface area contributed by atoms with Gasteiger partial charge in [-0.05, 0) is 0 Å². The predicted molar refractivity (Wildman–Crippen MR) is 91.2 cm³/mol. The van der Waals surface area contributed by atoms with Gasteiger partial charge in [0.05, 0.1) is 12.2 Å². The van der Waals surface area contributed by atoms with E-state index in [0.717, 1.165) is 27.9 Å². The maximum absolute atomic E-state index is 4.66. The lowest BCUT2D eigenvalue weighted by molar-refractivity contribution is 1.01. The number of hydrogen-bond donors (Lipinski definition) is 1. The molecule has 0 unspecified atom stereocenters. The zero-order valence-electron chi connectivity index (χ0n) is 12.5. The van der Waals surface area contributed by atoms with Gasteiger partial charge in [-0.25, -0.2) is 15.0 Å². The number of thiazole rings is 1. The molecule has 2 heterocycles. The van der Waals surface area contributed by atoms with Crippen LogP contribution in [0.2, 0.25) is 0 Å².